The first kappa shape index (κ1) is 13.5. The van der Waals surface area contributed by atoms with Crippen molar-refractivity contribution < 1.29 is 0 Å². The highest BCUT2D eigenvalue weighted by molar-refractivity contribution is 4.96. The number of rotatable bonds is 4. The first-order chi connectivity index (χ1) is 7.56. The molecule has 92 valence electrons. The van der Waals surface area contributed by atoms with Gasteiger partial charge in [0, 0.05) is 18.6 Å². The van der Waals surface area contributed by atoms with Gasteiger partial charge in [-0.15, -0.1) is 0 Å². The van der Waals surface area contributed by atoms with Crippen LogP contribution in [0.15, 0.2) is 0 Å². The molecule has 1 rings (SSSR count). The van der Waals surface area contributed by atoms with Crippen molar-refractivity contribution in [1.29, 1.82) is 5.26 Å². The molecule has 16 heavy (non-hydrogen) atoms. The molecule has 0 N–H and O–H groups in total. The van der Waals surface area contributed by atoms with Crippen molar-refractivity contribution in [2.24, 2.45) is 11.8 Å². The molecule has 0 radical (unpaired) electrons. The van der Waals surface area contributed by atoms with Crippen LogP contribution in [0.1, 0.15) is 53.4 Å². The Labute approximate surface area is 101 Å². The van der Waals surface area contributed by atoms with Crippen molar-refractivity contribution in [3.63, 3.8) is 0 Å². The van der Waals surface area contributed by atoms with Gasteiger partial charge in [-0.1, -0.05) is 26.7 Å². The van der Waals surface area contributed by atoms with Gasteiger partial charge in [-0.3, -0.25) is 4.90 Å². The fourth-order valence-corrected chi connectivity index (χ4v) is 2.81. The minimum absolute atomic E-state index is 0.259. The van der Waals surface area contributed by atoms with Crippen LogP contribution in [-0.4, -0.2) is 23.5 Å². The van der Waals surface area contributed by atoms with Gasteiger partial charge in [-0.2, -0.15) is 5.26 Å². The zero-order valence-electron chi connectivity index (χ0n) is 11.2. The van der Waals surface area contributed by atoms with E-state index in [2.05, 4.69) is 38.7 Å². The predicted octanol–water partition coefficient (Wildman–Crippen LogP) is 3.44. The van der Waals surface area contributed by atoms with Crippen molar-refractivity contribution in [3.05, 3.63) is 0 Å². The summed E-state index contributed by atoms with van der Waals surface area (Å²) in [4.78, 5) is 2.55. The van der Waals surface area contributed by atoms with Gasteiger partial charge in [-0.05, 0) is 32.6 Å². The average Bonchev–Trinajstić information content (AvgIpc) is 2.25. The molecule has 2 heteroatoms. The Morgan fingerprint density at radius 3 is 2.31 bits per heavy atom. The lowest BCUT2D eigenvalue weighted by Crippen LogP contribution is -2.47. The van der Waals surface area contributed by atoms with Crippen LogP contribution in [0.25, 0.3) is 0 Å². The molecule has 1 aliphatic rings. The lowest BCUT2D eigenvalue weighted by atomic mass is 9.83. The van der Waals surface area contributed by atoms with E-state index in [-0.39, 0.29) is 5.92 Å². The van der Waals surface area contributed by atoms with Crippen LogP contribution in [0.5, 0.6) is 0 Å². The standard InChI is InChI=1S/C14H26N2/c1-11(2)10-16(12(3)4)14-8-6-5-7-13(14)9-15/h11-14H,5-8,10H2,1-4H3. The molecule has 0 aromatic heterocycles. The smallest absolute Gasteiger partial charge is 0.0672 e. The summed E-state index contributed by atoms with van der Waals surface area (Å²) in [6.45, 7) is 10.2. The average molecular weight is 222 g/mol. The Balaban J connectivity index is 2.71. The van der Waals surface area contributed by atoms with Crippen LogP contribution < -0.4 is 0 Å². The maximum Gasteiger partial charge on any atom is 0.0672 e. The van der Waals surface area contributed by atoms with E-state index >= 15 is 0 Å². The van der Waals surface area contributed by atoms with E-state index in [1.165, 1.54) is 19.3 Å². The first-order valence-electron chi connectivity index (χ1n) is 6.71. The van der Waals surface area contributed by atoms with Gasteiger partial charge in [0.1, 0.15) is 0 Å². The Bertz CT molecular complexity index is 240. The number of nitriles is 1. The Morgan fingerprint density at radius 1 is 1.19 bits per heavy atom. The Kier molecular flexibility index (Phi) is 5.28. The van der Waals surface area contributed by atoms with Crippen LogP contribution in [-0.2, 0) is 0 Å². The molecule has 0 aromatic rings. The third-order valence-electron chi connectivity index (χ3n) is 3.56. The summed E-state index contributed by atoms with van der Waals surface area (Å²) >= 11 is 0. The molecule has 0 heterocycles. The largest absolute Gasteiger partial charge is 0.296 e. The van der Waals surface area contributed by atoms with E-state index in [0.717, 1.165) is 13.0 Å². The second-order valence-electron chi connectivity index (χ2n) is 5.77. The first-order valence-corrected chi connectivity index (χ1v) is 6.71. The molecule has 1 fully saturated rings. The summed E-state index contributed by atoms with van der Waals surface area (Å²) in [6, 6.07) is 3.58. The van der Waals surface area contributed by atoms with Gasteiger partial charge in [0.25, 0.3) is 0 Å². The van der Waals surface area contributed by atoms with Crippen LogP contribution in [0.2, 0.25) is 0 Å². The van der Waals surface area contributed by atoms with Crippen LogP contribution in [0, 0.1) is 23.2 Å². The summed E-state index contributed by atoms with van der Waals surface area (Å²) in [5, 5.41) is 9.25. The third kappa shape index (κ3) is 3.49. The molecule has 0 saturated heterocycles. The lowest BCUT2D eigenvalue weighted by Gasteiger charge is -2.40. The lowest BCUT2D eigenvalue weighted by molar-refractivity contribution is 0.0829. The number of hydrogen-bond donors (Lipinski definition) is 0. The number of hydrogen-bond acceptors (Lipinski definition) is 2. The van der Waals surface area contributed by atoms with Gasteiger partial charge in [0.05, 0.1) is 12.0 Å². The van der Waals surface area contributed by atoms with E-state index in [1.54, 1.807) is 0 Å². The Hall–Kier alpha value is -0.550. The highest BCUT2D eigenvalue weighted by Crippen LogP contribution is 2.29. The molecule has 0 amide bonds. The summed E-state index contributed by atoms with van der Waals surface area (Å²) in [7, 11) is 0. The quantitative estimate of drug-likeness (QED) is 0.728. The van der Waals surface area contributed by atoms with Gasteiger partial charge in [0.15, 0.2) is 0 Å². The van der Waals surface area contributed by atoms with E-state index in [1.807, 2.05) is 0 Å². The second-order valence-corrected chi connectivity index (χ2v) is 5.77. The monoisotopic (exact) mass is 222 g/mol. The molecule has 2 unspecified atom stereocenters. The van der Waals surface area contributed by atoms with E-state index in [9.17, 15) is 5.26 Å². The van der Waals surface area contributed by atoms with Crippen LogP contribution in [0.4, 0.5) is 0 Å². The zero-order valence-corrected chi connectivity index (χ0v) is 11.2. The fraction of sp³-hybridized carbons (Fsp3) is 0.929. The molecule has 1 aliphatic carbocycles. The van der Waals surface area contributed by atoms with E-state index in [0.29, 0.717) is 18.0 Å². The van der Waals surface area contributed by atoms with Crippen molar-refractivity contribution in [3.8, 4) is 6.07 Å². The molecule has 2 nitrogen and oxygen atoms in total. The van der Waals surface area contributed by atoms with E-state index < -0.39 is 0 Å². The molecular weight excluding hydrogens is 196 g/mol. The van der Waals surface area contributed by atoms with Crippen molar-refractivity contribution in [2.75, 3.05) is 6.54 Å². The summed E-state index contributed by atoms with van der Waals surface area (Å²) in [5.74, 6) is 0.943. The SMILES string of the molecule is CC(C)CN(C(C)C)C1CCCCC1C#N. The maximum absolute atomic E-state index is 9.25. The van der Waals surface area contributed by atoms with Crippen LogP contribution >= 0.6 is 0 Å². The highest BCUT2D eigenvalue weighted by atomic mass is 15.2. The number of nitrogens with zero attached hydrogens (tertiary/aromatic N) is 2. The molecule has 2 atom stereocenters. The van der Waals surface area contributed by atoms with Crippen molar-refractivity contribution in [2.45, 2.75) is 65.5 Å². The second kappa shape index (κ2) is 6.25. The highest BCUT2D eigenvalue weighted by Gasteiger charge is 2.31. The molecule has 0 aromatic carbocycles. The zero-order chi connectivity index (χ0) is 12.1. The molecular formula is C14H26N2. The van der Waals surface area contributed by atoms with Gasteiger partial charge < -0.3 is 0 Å². The fourth-order valence-electron chi connectivity index (χ4n) is 2.81. The molecule has 1 saturated carbocycles. The summed E-state index contributed by atoms with van der Waals surface area (Å²) in [5.41, 5.74) is 0. The molecule has 0 aliphatic heterocycles. The maximum atomic E-state index is 9.25. The summed E-state index contributed by atoms with van der Waals surface area (Å²) < 4.78 is 0. The topological polar surface area (TPSA) is 27.0 Å². The van der Waals surface area contributed by atoms with Crippen molar-refractivity contribution in [1.82, 2.24) is 4.90 Å². The van der Waals surface area contributed by atoms with Gasteiger partial charge >= 0.3 is 0 Å². The molecule has 0 spiro atoms. The Morgan fingerprint density at radius 2 is 1.81 bits per heavy atom. The van der Waals surface area contributed by atoms with Gasteiger partial charge in [-0.25, -0.2) is 0 Å². The predicted molar refractivity (Wildman–Crippen MR) is 68.0 cm³/mol. The van der Waals surface area contributed by atoms with Crippen molar-refractivity contribution >= 4 is 0 Å². The normalized spacial score (nSPS) is 26.4. The van der Waals surface area contributed by atoms with E-state index in [4.69, 9.17) is 0 Å². The minimum Gasteiger partial charge on any atom is -0.296 e. The molecule has 0 bridgehead atoms. The third-order valence-corrected chi connectivity index (χ3v) is 3.56. The summed E-state index contributed by atoms with van der Waals surface area (Å²) in [6.07, 6.45) is 4.85. The minimum atomic E-state index is 0.259. The van der Waals surface area contributed by atoms with Crippen LogP contribution in [0.3, 0.4) is 0 Å². The van der Waals surface area contributed by atoms with Gasteiger partial charge in [0.2, 0.25) is 0 Å².